The Bertz CT molecular complexity index is 1270. The maximum Gasteiger partial charge on any atom is 0.261 e. The summed E-state index contributed by atoms with van der Waals surface area (Å²) in [6.45, 7) is 0. The number of hydrogen-bond acceptors (Lipinski definition) is 5. The zero-order valence-electron chi connectivity index (χ0n) is 15.2. The number of nitrogens with two attached hydrogens (primary N) is 1. The number of amides is 1. The maximum atomic E-state index is 13.0. The predicted molar refractivity (Wildman–Crippen MR) is 109 cm³/mol. The van der Waals surface area contributed by atoms with Crippen molar-refractivity contribution in [3.63, 3.8) is 0 Å². The molecule has 0 bridgehead atoms. The average molecular weight is 449 g/mol. The van der Waals surface area contributed by atoms with Crippen LogP contribution in [0.5, 0.6) is 0 Å². The molecule has 0 aliphatic carbocycles. The van der Waals surface area contributed by atoms with Crippen LogP contribution in [0.1, 0.15) is 10.4 Å². The minimum Gasteiger partial charge on any atom is -0.322 e. The van der Waals surface area contributed by atoms with Crippen molar-refractivity contribution in [1.29, 1.82) is 0 Å². The fourth-order valence-corrected chi connectivity index (χ4v) is 4.02. The highest BCUT2D eigenvalue weighted by molar-refractivity contribution is 7.92. The van der Waals surface area contributed by atoms with E-state index >= 15 is 0 Å². The molecule has 3 rings (SSSR count). The molecular weight excluding hydrogens is 433 g/mol. The molecule has 0 spiro atoms. The van der Waals surface area contributed by atoms with E-state index in [9.17, 15) is 26.0 Å². The quantitative estimate of drug-likeness (QED) is 0.531. The lowest BCUT2D eigenvalue weighted by Gasteiger charge is -2.09. The summed E-state index contributed by atoms with van der Waals surface area (Å²) in [4.78, 5) is 12.1. The molecule has 8 nitrogen and oxygen atoms in total. The first-order valence-electron chi connectivity index (χ1n) is 8.37. The van der Waals surface area contributed by atoms with Gasteiger partial charge in [-0.15, -0.1) is 0 Å². The molecule has 156 valence electrons. The van der Waals surface area contributed by atoms with Crippen LogP contribution in [0, 0.1) is 5.82 Å². The van der Waals surface area contributed by atoms with Crippen molar-refractivity contribution >= 4 is 37.3 Å². The van der Waals surface area contributed by atoms with Crippen LogP contribution in [0.3, 0.4) is 0 Å². The van der Waals surface area contributed by atoms with Crippen molar-refractivity contribution in [1.82, 2.24) is 0 Å². The van der Waals surface area contributed by atoms with Crippen LogP contribution in [-0.2, 0) is 20.0 Å². The second-order valence-electron chi connectivity index (χ2n) is 6.16. The predicted octanol–water partition coefficient (Wildman–Crippen LogP) is 2.53. The Kier molecular flexibility index (Phi) is 5.87. The maximum absolute atomic E-state index is 13.0. The Hall–Kier alpha value is -3.28. The molecule has 4 N–H and O–H groups in total. The number of anilines is 2. The van der Waals surface area contributed by atoms with Crippen molar-refractivity contribution in [2.24, 2.45) is 5.14 Å². The fraction of sp³-hybridized carbons (Fsp3) is 0. The molecule has 3 aromatic rings. The standard InChI is InChI=1S/C19H16FN3O5S2/c20-14-3-9-18(10-4-14)30(27,28)23-16-5-1-13(2-6-16)19(24)22-15-7-11-17(12-8-15)29(21,25)26/h1-12,23H,(H,22,24)(H2,21,25,26). The highest BCUT2D eigenvalue weighted by atomic mass is 32.2. The van der Waals surface area contributed by atoms with Gasteiger partial charge in [0.15, 0.2) is 0 Å². The third-order valence-electron chi connectivity index (χ3n) is 3.96. The number of halogens is 1. The first-order valence-corrected chi connectivity index (χ1v) is 11.4. The lowest BCUT2D eigenvalue weighted by atomic mass is 10.2. The average Bonchev–Trinajstić information content (AvgIpc) is 2.68. The van der Waals surface area contributed by atoms with Crippen LogP contribution in [-0.4, -0.2) is 22.7 Å². The van der Waals surface area contributed by atoms with E-state index in [2.05, 4.69) is 10.0 Å². The number of carbonyl (C=O) groups is 1. The smallest absolute Gasteiger partial charge is 0.261 e. The molecule has 0 aromatic heterocycles. The molecule has 0 unspecified atom stereocenters. The molecule has 30 heavy (non-hydrogen) atoms. The van der Waals surface area contributed by atoms with E-state index < -0.39 is 31.8 Å². The van der Waals surface area contributed by atoms with Gasteiger partial charge in [-0.25, -0.2) is 26.4 Å². The number of rotatable bonds is 6. The molecule has 0 saturated heterocycles. The molecule has 11 heteroatoms. The molecule has 0 heterocycles. The van der Waals surface area contributed by atoms with Crippen molar-refractivity contribution in [3.05, 3.63) is 84.2 Å². The molecule has 0 atom stereocenters. The second kappa shape index (κ2) is 8.22. The van der Waals surface area contributed by atoms with E-state index in [1.165, 1.54) is 48.5 Å². The van der Waals surface area contributed by atoms with E-state index in [0.29, 0.717) is 5.69 Å². The van der Waals surface area contributed by atoms with E-state index in [1.807, 2.05) is 0 Å². The Labute approximate surface area is 172 Å². The van der Waals surface area contributed by atoms with Crippen LogP contribution in [0.4, 0.5) is 15.8 Å². The van der Waals surface area contributed by atoms with E-state index in [1.54, 1.807) is 0 Å². The fourth-order valence-electron chi connectivity index (χ4n) is 2.45. The van der Waals surface area contributed by atoms with E-state index in [4.69, 9.17) is 5.14 Å². The van der Waals surface area contributed by atoms with Gasteiger partial charge in [-0.2, -0.15) is 0 Å². The Morgan fingerprint density at radius 1 is 0.733 bits per heavy atom. The lowest BCUT2D eigenvalue weighted by Crippen LogP contribution is -2.15. The zero-order valence-corrected chi connectivity index (χ0v) is 16.9. The van der Waals surface area contributed by atoms with E-state index in [-0.39, 0.29) is 21.0 Å². The van der Waals surface area contributed by atoms with Crippen molar-refractivity contribution in [3.8, 4) is 0 Å². The van der Waals surface area contributed by atoms with Gasteiger partial charge in [-0.05, 0) is 72.8 Å². The first kappa shape index (κ1) is 21.4. The molecule has 0 aliphatic heterocycles. The molecule has 0 radical (unpaired) electrons. The van der Waals surface area contributed by atoms with E-state index in [0.717, 1.165) is 24.3 Å². The van der Waals surface area contributed by atoms with Gasteiger partial charge in [-0.1, -0.05) is 0 Å². The summed E-state index contributed by atoms with van der Waals surface area (Å²) in [7, 11) is -7.73. The Morgan fingerprint density at radius 3 is 1.77 bits per heavy atom. The molecule has 0 saturated carbocycles. The number of primary sulfonamides is 1. The summed E-state index contributed by atoms with van der Waals surface area (Å²) in [5.41, 5.74) is 0.817. The third-order valence-corrected chi connectivity index (χ3v) is 6.29. The number of hydrogen-bond donors (Lipinski definition) is 3. The van der Waals surface area contributed by atoms with Crippen LogP contribution >= 0.6 is 0 Å². The SMILES string of the molecule is NS(=O)(=O)c1ccc(NC(=O)c2ccc(NS(=O)(=O)c3ccc(F)cc3)cc2)cc1. The molecular formula is C19H16FN3O5S2. The highest BCUT2D eigenvalue weighted by Gasteiger charge is 2.15. The minimum atomic E-state index is -3.90. The van der Waals surface area contributed by atoms with Crippen molar-refractivity contribution in [2.45, 2.75) is 9.79 Å². The normalized spacial score (nSPS) is 11.7. The monoisotopic (exact) mass is 449 g/mol. The van der Waals surface area contributed by atoms with Gasteiger partial charge >= 0.3 is 0 Å². The van der Waals surface area contributed by atoms with Crippen LogP contribution < -0.4 is 15.2 Å². The third kappa shape index (κ3) is 5.20. The van der Waals surface area contributed by atoms with Crippen molar-refractivity contribution < 1.29 is 26.0 Å². The van der Waals surface area contributed by atoms with Gasteiger partial charge in [0.25, 0.3) is 15.9 Å². The topological polar surface area (TPSA) is 135 Å². The van der Waals surface area contributed by atoms with Gasteiger partial charge in [0.2, 0.25) is 10.0 Å². The summed E-state index contributed by atoms with van der Waals surface area (Å²) >= 11 is 0. The Morgan fingerprint density at radius 2 is 1.23 bits per heavy atom. The first-order chi connectivity index (χ1) is 14.0. The van der Waals surface area contributed by atoms with Gasteiger partial charge in [0.1, 0.15) is 5.82 Å². The molecule has 0 fully saturated rings. The summed E-state index contributed by atoms with van der Waals surface area (Å²) in [6, 6.07) is 15.3. The summed E-state index contributed by atoms with van der Waals surface area (Å²) in [5, 5.41) is 7.61. The summed E-state index contributed by atoms with van der Waals surface area (Å²) in [6.07, 6.45) is 0. The molecule has 3 aromatic carbocycles. The van der Waals surface area contributed by atoms with Gasteiger partial charge in [0, 0.05) is 16.9 Å². The summed E-state index contributed by atoms with van der Waals surface area (Å²) < 4.78 is 62.4. The van der Waals surface area contributed by atoms with Gasteiger partial charge < -0.3 is 5.32 Å². The second-order valence-corrected chi connectivity index (χ2v) is 9.40. The van der Waals surface area contributed by atoms with Crippen LogP contribution in [0.15, 0.2) is 82.6 Å². The Balaban J connectivity index is 1.69. The van der Waals surface area contributed by atoms with Crippen molar-refractivity contribution in [2.75, 3.05) is 10.0 Å². The van der Waals surface area contributed by atoms with Gasteiger partial charge in [-0.3, -0.25) is 9.52 Å². The summed E-state index contributed by atoms with van der Waals surface area (Å²) in [5.74, 6) is -1.03. The minimum absolute atomic E-state index is 0.0849. The number of benzene rings is 3. The van der Waals surface area contributed by atoms with Gasteiger partial charge in [0.05, 0.1) is 9.79 Å². The molecule has 1 amide bonds. The highest BCUT2D eigenvalue weighted by Crippen LogP contribution is 2.18. The number of sulfonamides is 2. The number of carbonyl (C=O) groups excluding carboxylic acids is 1. The lowest BCUT2D eigenvalue weighted by molar-refractivity contribution is 0.102. The van der Waals surface area contributed by atoms with Crippen LogP contribution in [0.25, 0.3) is 0 Å². The van der Waals surface area contributed by atoms with Crippen LogP contribution in [0.2, 0.25) is 0 Å². The number of nitrogens with one attached hydrogen (secondary N) is 2. The largest absolute Gasteiger partial charge is 0.322 e. The molecule has 0 aliphatic rings. The zero-order chi connectivity index (χ0) is 21.9.